The molecule has 13 nitrogen and oxygen atoms in total. The number of phosphoric acid groups is 1. The Hall–Kier alpha value is -3.34. The van der Waals surface area contributed by atoms with Crippen molar-refractivity contribution in [3.8, 4) is 18.1 Å². The van der Waals surface area contributed by atoms with Crippen LogP contribution in [0.3, 0.4) is 0 Å². The van der Waals surface area contributed by atoms with Gasteiger partial charge in [0, 0.05) is 0 Å². The number of nitrogens with two attached hydrogens (primary N) is 1. The number of halogens is 1. The van der Waals surface area contributed by atoms with Crippen LogP contribution in [0.25, 0.3) is 0 Å². The molecule has 1 saturated heterocycles. The van der Waals surface area contributed by atoms with Gasteiger partial charge in [0.15, 0.2) is 12.3 Å². The summed E-state index contributed by atoms with van der Waals surface area (Å²) < 4.78 is 56.2. The highest BCUT2D eigenvalue weighted by Crippen LogP contribution is 2.52. The first kappa shape index (κ1) is 28.2. The Morgan fingerprint density at radius 2 is 2.05 bits per heavy atom. The van der Waals surface area contributed by atoms with Gasteiger partial charge in [0.05, 0.1) is 12.7 Å². The fourth-order valence-corrected chi connectivity index (χ4v) is 4.58. The topological polar surface area (TPSA) is 174 Å². The number of carbonyl (C=O) groups is 1. The van der Waals surface area contributed by atoms with Crippen LogP contribution in [0.15, 0.2) is 41.5 Å². The molecule has 1 aliphatic rings. The average molecular weight is 540 g/mol. The molecule has 1 aromatic heterocycles. The molecule has 0 saturated carbocycles. The van der Waals surface area contributed by atoms with E-state index in [-0.39, 0.29) is 11.7 Å². The smallest absolute Gasteiger partial charge is 0.461 e. The van der Waals surface area contributed by atoms with Crippen molar-refractivity contribution in [3.05, 3.63) is 47.1 Å². The van der Waals surface area contributed by atoms with Gasteiger partial charge >= 0.3 is 19.5 Å². The van der Waals surface area contributed by atoms with Crippen molar-refractivity contribution in [2.45, 2.75) is 57.1 Å². The van der Waals surface area contributed by atoms with Crippen LogP contribution in [0, 0.1) is 12.3 Å². The predicted molar refractivity (Wildman–Crippen MR) is 126 cm³/mol. The zero-order chi connectivity index (χ0) is 27.4. The Morgan fingerprint density at radius 3 is 2.65 bits per heavy atom. The van der Waals surface area contributed by atoms with E-state index < -0.39 is 62.4 Å². The second-order valence-corrected chi connectivity index (χ2v) is 9.72. The standard InChI is InChI=1S/C22H26FN4O9P/c1-5-22(23)17(28)16(34-19(22)27-12-25-20(24)26-21(27)30)11-32-37(31,36-15-9-7-6-8-10-15)35-14(4)18(29)33-13(2)3/h1,6-10,12-14,16-17,19,28H,11H2,2-4H3,(H2,24,26,30)/t14-,16+,17-,19+,22?,37-/m0/s1. The fourth-order valence-electron chi connectivity index (χ4n) is 3.25. The van der Waals surface area contributed by atoms with Gasteiger partial charge in [0.2, 0.25) is 11.6 Å². The fraction of sp³-hybridized carbons (Fsp3) is 0.455. The molecule has 1 aromatic carbocycles. The highest BCUT2D eigenvalue weighted by atomic mass is 31.2. The predicted octanol–water partition coefficient (Wildman–Crippen LogP) is 1.38. The summed E-state index contributed by atoms with van der Waals surface area (Å²) in [6.07, 6.45) is -1.20. The highest BCUT2D eigenvalue weighted by Gasteiger charge is 2.58. The molecule has 37 heavy (non-hydrogen) atoms. The number of nitrogen functional groups attached to an aromatic ring is 1. The number of rotatable bonds is 10. The van der Waals surface area contributed by atoms with Gasteiger partial charge in [-0.25, -0.2) is 23.5 Å². The van der Waals surface area contributed by atoms with Crippen molar-refractivity contribution >= 4 is 19.7 Å². The lowest BCUT2D eigenvalue weighted by molar-refractivity contribution is -0.156. The summed E-state index contributed by atoms with van der Waals surface area (Å²) in [7, 11) is -4.61. The number of hydrogen-bond acceptors (Lipinski definition) is 12. The molecular weight excluding hydrogens is 514 g/mol. The number of terminal acetylenes is 1. The molecular formula is C22H26FN4O9P. The van der Waals surface area contributed by atoms with Crippen LogP contribution < -0.4 is 15.9 Å². The number of hydrogen-bond donors (Lipinski definition) is 2. The molecule has 0 radical (unpaired) electrons. The maximum Gasteiger partial charge on any atom is 0.530 e. The minimum absolute atomic E-state index is 0.0649. The number of phosphoric ester groups is 1. The quantitative estimate of drug-likeness (QED) is 0.252. The number of benzene rings is 1. The minimum Gasteiger partial charge on any atom is -0.461 e. The van der Waals surface area contributed by atoms with Gasteiger partial charge in [-0.05, 0) is 32.9 Å². The Morgan fingerprint density at radius 1 is 1.38 bits per heavy atom. The number of aliphatic hydroxyl groups is 1. The van der Waals surface area contributed by atoms with E-state index in [1.165, 1.54) is 19.1 Å². The number of anilines is 1. The summed E-state index contributed by atoms with van der Waals surface area (Å²) in [5.74, 6) is 0.630. The van der Waals surface area contributed by atoms with E-state index in [2.05, 4.69) is 9.97 Å². The van der Waals surface area contributed by atoms with Gasteiger partial charge < -0.3 is 24.8 Å². The lowest BCUT2D eigenvalue weighted by Gasteiger charge is -2.24. The lowest BCUT2D eigenvalue weighted by atomic mass is 9.97. The summed E-state index contributed by atoms with van der Waals surface area (Å²) in [5, 5.41) is 10.6. The van der Waals surface area contributed by atoms with Gasteiger partial charge in [-0.3, -0.25) is 13.6 Å². The molecule has 1 fully saturated rings. The molecule has 2 heterocycles. The van der Waals surface area contributed by atoms with Crippen LogP contribution in [-0.2, 0) is 27.9 Å². The maximum atomic E-state index is 15.6. The molecule has 6 atom stereocenters. The maximum absolute atomic E-state index is 15.6. The Kier molecular flexibility index (Phi) is 8.68. The number of aliphatic hydroxyl groups excluding tert-OH is 1. The average Bonchev–Trinajstić information content (AvgIpc) is 3.08. The van der Waals surface area contributed by atoms with Crippen molar-refractivity contribution in [2.24, 2.45) is 0 Å². The number of para-hydroxylation sites is 1. The summed E-state index contributed by atoms with van der Waals surface area (Å²) in [6, 6.07) is 7.74. The Bertz CT molecular complexity index is 1250. The first-order valence-electron chi connectivity index (χ1n) is 11.0. The zero-order valence-electron chi connectivity index (χ0n) is 20.1. The molecule has 2 aromatic rings. The second kappa shape index (κ2) is 11.4. The number of carbonyl (C=O) groups excluding carboxylic acids is 1. The first-order valence-corrected chi connectivity index (χ1v) is 12.4. The van der Waals surface area contributed by atoms with E-state index in [0.29, 0.717) is 4.57 Å². The van der Waals surface area contributed by atoms with Crippen LogP contribution in [0.4, 0.5) is 10.3 Å². The highest BCUT2D eigenvalue weighted by molar-refractivity contribution is 7.49. The van der Waals surface area contributed by atoms with Gasteiger partial charge in [0.25, 0.3) is 0 Å². The summed E-state index contributed by atoms with van der Waals surface area (Å²) in [5.41, 5.74) is 1.38. The molecule has 1 aliphatic heterocycles. The van der Waals surface area contributed by atoms with E-state index in [1.54, 1.807) is 38.0 Å². The molecule has 15 heteroatoms. The molecule has 1 unspecified atom stereocenters. The van der Waals surface area contributed by atoms with Gasteiger partial charge in [-0.1, -0.05) is 24.1 Å². The summed E-state index contributed by atoms with van der Waals surface area (Å²) in [4.78, 5) is 31.4. The van der Waals surface area contributed by atoms with Crippen LogP contribution in [0.2, 0.25) is 0 Å². The summed E-state index contributed by atoms with van der Waals surface area (Å²) in [6.45, 7) is 3.71. The zero-order valence-corrected chi connectivity index (χ0v) is 21.0. The van der Waals surface area contributed by atoms with Crippen LogP contribution >= 0.6 is 7.82 Å². The number of ether oxygens (including phenoxy) is 2. The lowest BCUT2D eigenvalue weighted by Crippen LogP contribution is -2.44. The van der Waals surface area contributed by atoms with Crippen LogP contribution in [0.5, 0.6) is 5.75 Å². The third kappa shape index (κ3) is 6.51. The van der Waals surface area contributed by atoms with Crippen molar-refractivity contribution in [1.29, 1.82) is 0 Å². The SMILES string of the molecule is C#CC1(F)[C@@H](O)[C@@H](CO[P@](=O)(Oc2ccccc2)O[C@@H](C)C(=O)OC(C)C)O[C@H]1n1cnc(N)nc1=O. The van der Waals surface area contributed by atoms with E-state index in [0.717, 1.165) is 6.33 Å². The minimum atomic E-state index is -4.61. The second-order valence-electron chi connectivity index (χ2n) is 8.17. The van der Waals surface area contributed by atoms with E-state index >= 15 is 4.39 Å². The van der Waals surface area contributed by atoms with Crippen molar-refractivity contribution < 1.29 is 41.9 Å². The third-order valence-electron chi connectivity index (χ3n) is 4.99. The molecule has 0 bridgehead atoms. The molecule has 200 valence electrons. The Labute approximate surface area is 211 Å². The monoisotopic (exact) mass is 540 g/mol. The van der Waals surface area contributed by atoms with Gasteiger partial charge in [0.1, 0.15) is 24.3 Å². The largest absolute Gasteiger partial charge is 0.530 e. The molecule has 0 spiro atoms. The number of nitrogens with zero attached hydrogens (tertiary/aromatic N) is 3. The number of alkyl halides is 1. The number of aromatic nitrogens is 3. The molecule has 3 N–H and O–H groups in total. The van der Waals surface area contributed by atoms with Gasteiger partial charge in [-0.15, -0.1) is 6.42 Å². The number of esters is 1. The first-order chi connectivity index (χ1) is 17.4. The van der Waals surface area contributed by atoms with Crippen LogP contribution in [0.1, 0.15) is 27.0 Å². The third-order valence-corrected chi connectivity index (χ3v) is 6.47. The van der Waals surface area contributed by atoms with E-state index in [9.17, 15) is 19.3 Å². The van der Waals surface area contributed by atoms with E-state index in [4.69, 9.17) is 35.2 Å². The molecule has 0 aliphatic carbocycles. The normalized spacial score (nSPS) is 25.7. The van der Waals surface area contributed by atoms with Crippen LogP contribution in [-0.4, -0.2) is 62.3 Å². The van der Waals surface area contributed by atoms with Crippen molar-refractivity contribution in [3.63, 3.8) is 0 Å². The molecule has 3 rings (SSSR count). The molecule has 0 amide bonds. The van der Waals surface area contributed by atoms with E-state index in [1.807, 2.05) is 0 Å². The summed E-state index contributed by atoms with van der Waals surface area (Å²) >= 11 is 0. The van der Waals surface area contributed by atoms with Crippen molar-refractivity contribution in [1.82, 2.24) is 14.5 Å². The van der Waals surface area contributed by atoms with Crippen molar-refractivity contribution in [2.75, 3.05) is 12.3 Å². The van der Waals surface area contributed by atoms with Gasteiger partial charge in [-0.2, -0.15) is 4.98 Å². The Balaban J connectivity index is 1.83.